The minimum atomic E-state index is -1.27. The number of carbonyl (C=O) groups is 1. The molecule has 7 nitrogen and oxygen atoms in total. The number of phenolic OH excluding ortho intramolecular Hbond substituents is 1. The van der Waals surface area contributed by atoms with Gasteiger partial charge in [-0.1, -0.05) is 0 Å². The van der Waals surface area contributed by atoms with Crippen LogP contribution in [-0.2, 0) is 11.8 Å². The Morgan fingerprint density at radius 2 is 1.60 bits per heavy atom. The number of aromatic hydroxyl groups is 3. The minimum absolute atomic E-state index is 0.0366. The lowest BCUT2D eigenvalue weighted by Crippen LogP contribution is -2.48. The van der Waals surface area contributed by atoms with Crippen LogP contribution in [0.3, 0.4) is 0 Å². The fourth-order valence-electron chi connectivity index (χ4n) is 6.60. The molecule has 1 aromatic heterocycles. The average molecular weight is 412 g/mol. The van der Waals surface area contributed by atoms with E-state index in [4.69, 9.17) is 4.42 Å². The van der Waals surface area contributed by atoms with E-state index in [0.717, 1.165) is 31.6 Å². The SMILES string of the molecule is O=C(O)c1cc(C23CC4CC(CC(C4)C2)C3)c(O)c(Cc2cc(=O)c(O)co2)c1O. The third kappa shape index (κ3) is 2.87. The first-order valence-electron chi connectivity index (χ1n) is 10.4. The molecule has 4 aliphatic rings. The molecule has 0 unspecified atom stereocenters. The molecule has 7 heteroatoms. The van der Waals surface area contributed by atoms with Crippen LogP contribution in [0.25, 0.3) is 0 Å². The van der Waals surface area contributed by atoms with E-state index in [1.54, 1.807) is 0 Å². The van der Waals surface area contributed by atoms with Gasteiger partial charge in [0.25, 0.3) is 0 Å². The molecule has 4 saturated carbocycles. The number of carboxylic acids is 1. The summed E-state index contributed by atoms with van der Waals surface area (Å²) in [6.45, 7) is 0. The number of carboxylic acid groups (broad SMARTS) is 1. The number of aromatic carboxylic acids is 1. The second kappa shape index (κ2) is 6.52. The zero-order valence-corrected chi connectivity index (χ0v) is 16.4. The van der Waals surface area contributed by atoms with Gasteiger partial charge in [0.2, 0.25) is 5.43 Å². The molecule has 0 atom stereocenters. The maximum atomic E-state index is 11.9. The fraction of sp³-hybridized carbons (Fsp3) is 0.478. The van der Waals surface area contributed by atoms with Crippen LogP contribution in [0, 0.1) is 17.8 Å². The maximum Gasteiger partial charge on any atom is 0.339 e. The number of rotatable bonds is 4. The van der Waals surface area contributed by atoms with Crippen molar-refractivity contribution in [2.75, 3.05) is 0 Å². The smallest absolute Gasteiger partial charge is 0.339 e. The van der Waals surface area contributed by atoms with Crippen molar-refractivity contribution < 1.29 is 29.6 Å². The van der Waals surface area contributed by atoms with E-state index in [1.807, 2.05) is 0 Å². The second-order valence-electron chi connectivity index (χ2n) is 9.42. The maximum absolute atomic E-state index is 11.9. The van der Waals surface area contributed by atoms with Gasteiger partial charge in [-0.25, -0.2) is 4.79 Å². The summed E-state index contributed by atoms with van der Waals surface area (Å²) >= 11 is 0. The minimum Gasteiger partial charge on any atom is -0.507 e. The molecule has 4 bridgehead atoms. The molecule has 1 heterocycles. The predicted octanol–water partition coefficient (Wildman–Crippen LogP) is 3.51. The van der Waals surface area contributed by atoms with Gasteiger partial charge in [-0.3, -0.25) is 4.79 Å². The van der Waals surface area contributed by atoms with Gasteiger partial charge >= 0.3 is 5.97 Å². The van der Waals surface area contributed by atoms with Crippen molar-refractivity contribution in [3.63, 3.8) is 0 Å². The number of phenols is 2. The lowest BCUT2D eigenvalue weighted by molar-refractivity contribution is -0.00623. The first kappa shape index (κ1) is 19.0. The molecule has 0 spiro atoms. The Morgan fingerprint density at radius 1 is 1.00 bits per heavy atom. The number of benzene rings is 1. The lowest BCUT2D eigenvalue weighted by atomic mass is 9.48. The van der Waals surface area contributed by atoms with Crippen molar-refractivity contribution in [1.29, 1.82) is 0 Å². The van der Waals surface area contributed by atoms with Crippen molar-refractivity contribution >= 4 is 5.97 Å². The zero-order chi connectivity index (χ0) is 21.2. The molecule has 4 fully saturated rings. The van der Waals surface area contributed by atoms with Gasteiger partial charge in [0.15, 0.2) is 5.75 Å². The van der Waals surface area contributed by atoms with Gasteiger partial charge in [0.1, 0.15) is 29.1 Å². The van der Waals surface area contributed by atoms with Crippen molar-refractivity contribution in [2.24, 2.45) is 17.8 Å². The normalized spacial score (nSPS) is 29.3. The second-order valence-corrected chi connectivity index (χ2v) is 9.42. The van der Waals surface area contributed by atoms with Gasteiger partial charge in [-0.05, 0) is 67.8 Å². The molecule has 30 heavy (non-hydrogen) atoms. The summed E-state index contributed by atoms with van der Waals surface area (Å²) in [4.78, 5) is 23.6. The highest BCUT2D eigenvalue weighted by atomic mass is 16.4. The molecule has 0 radical (unpaired) electrons. The molecule has 0 saturated heterocycles. The average Bonchev–Trinajstić information content (AvgIpc) is 2.66. The van der Waals surface area contributed by atoms with Crippen LogP contribution in [0.15, 0.2) is 27.6 Å². The third-order valence-corrected chi connectivity index (χ3v) is 7.43. The van der Waals surface area contributed by atoms with E-state index in [-0.39, 0.29) is 34.5 Å². The Labute approximate surface area is 172 Å². The van der Waals surface area contributed by atoms with Gasteiger partial charge in [0.05, 0.1) is 0 Å². The van der Waals surface area contributed by atoms with Crippen LogP contribution in [0.4, 0.5) is 0 Å². The first-order chi connectivity index (χ1) is 14.3. The Bertz CT molecular complexity index is 1060. The van der Waals surface area contributed by atoms with Crippen LogP contribution in [0.2, 0.25) is 0 Å². The van der Waals surface area contributed by atoms with E-state index in [9.17, 15) is 30.0 Å². The molecule has 4 N–H and O–H groups in total. The Balaban J connectivity index is 1.64. The largest absolute Gasteiger partial charge is 0.507 e. The van der Waals surface area contributed by atoms with Crippen LogP contribution in [0.1, 0.15) is 65.8 Å². The topological polar surface area (TPSA) is 128 Å². The third-order valence-electron chi connectivity index (χ3n) is 7.43. The summed E-state index contributed by atoms with van der Waals surface area (Å²) < 4.78 is 5.22. The van der Waals surface area contributed by atoms with Crippen LogP contribution in [0.5, 0.6) is 17.2 Å². The van der Waals surface area contributed by atoms with Gasteiger partial charge in [0, 0.05) is 23.6 Å². The first-order valence-corrected chi connectivity index (χ1v) is 10.4. The number of hydrogen-bond acceptors (Lipinski definition) is 6. The fourth-order valence-corrected chi connectivity index (χ4v) is 6.60. The standard InChI is InChI=1S/C23H24O7/c24-18-5-14(30-10-19(18)25)4-15-20(26)16(22(28)29)6-17(21(15)27)23-7-11-1-12(8-23)3-13(2-11)9-23/h5-6,10-13,25-27H,1-4,7-9H2,(H,28,29). The zero-order valence-electron chi connectivity index (χ0n) is 16.4. The summed E-state index contributed by atoms with van der Waals surface area (Å²) in [5.74, 6) is -0.557. The van der Waals surface area contributed by atoms with Gasteiger partial charge in [-0.15, -0.1) is 0 Å². The molecule has 158 valence electrons. The lowest BCUT2D eigenvalue weighted by Gasteiger charge is -2.57. The molecular weight excluding hydrogens is 388 g/mol. The van der Waals surface area contributed by atoms with E-state index in [2.05, 4.69) is 0 Å². The summed E-state index contributed by atoms with van der Waals surface area (Å²) in [5.41, 5.74) is -0.552. The molecule has 6 rings (SSSR count). The van der Waals surface area contributed by atoms with Crippen LogP contribution < -0.4 is 5.43 Å². The summed E-state index contributed by atoms with van der Waals surface area (Å²) in [6, 6.07) is 2.52. The Morgan fingerprint density at radius 3 is 2.13 bits per heavy atom. The van der Waals surface area contributed by atoms with Crippen LogP contribution >= 0.6 is 0 Å². The van der Waals surface area contributed by atoms with E-state index in [0.29, 0.717) is 23.3 Å². The highest BCUT2D eigenvalue weighted by Crippen LogP contribution is 2.62. The molecule has 2 aromatic rings. The van der Waals surface area contributed by atoms with E-state index < -0.39 is 22.9 Å². The number of hydrogen-bond donors (Lipinski definition) is 4. The van der Waals surface area contributed by atoms with Gasteiger partial charge in [-0.2, -0.15) is 0 Å². The Hall–Kier alpha value is -2.96. The molecule has 1 aromatic carbocycles. The quantitative estimate of drug-likeness (QED) is 0.605. The molecule has 0 aliphatic heterocycles. The highest BCUT2D eigenvalue weighted by molar-refractivity contribution is 5.92. The molecule has 4 aliphatic carbocycles. The molecular formula is C23H24O7. The molecule has 0 amide bonds. The van der Waals surface area contributed by atoms with Crippen LogP contribution in [-0.4, -0.2) is 26.4 Å². The highest BCUT2D eigenvalue weighted by Gasteiger charge is 2.53. The monoisotopic (exact) mass is 412 g/mol. The predicted molar refractivity (Wildman–Crippen MR) is 106 cm³/mol. The van der Waals surface area contributed by atoms with Gasteiger partial charge < -0.3 is 24.8 Å². The Kier molecular flexibility index (Phi) is 4.14. The van der Waals surface area contributed by atoms with Crippen molar-refractivity contribution in [1.82, 2.24) is 0 Å². The van der Waals surface area contributed by atoms with Crippen molar-refractivity contribution in [3.05, 3.63) is 51.1 Å². The summed E-state index contributed by atoms with van der Waals surface area (Å²) in [6.07, 6.45) is 7.11. The summed E-state index contributed by atoms with van der Waals surface area (Å²) in [7, 11) is 0. The summed E-state index contributed by atoms with van der Waals surface area (Å²) in [5, 5.41) is 40.9. The van der Waals surface area contributed by atoms with Crippen molar-refractivity contribution in [3.8, 4) is 17.2 Å². The van der Waals surface area contributed by atoms with E-state index >= 15 is 0 Å². The van der Waals surface area contributed by atoms with E-state index in [1.165, 1.54) is 25.3 Å². The van der Waals surface area contributed by atoms with Crippen molar-refractivity contribution in [2.45, 2.75) is 50.4 Å².